The van der Waals surface area contributed by atoms with Gasteiger partial charge in [0.1, 0.15) is 0 Å². The molecule has 0 N–H and O–H groups in total. The fourth-order valence-electron chi connectivity index (χ4n) is 2.99. The van der Waals surface area contributed by atoms with Crippen LogP contribution < -0.4 is 18.9 Å². The second-order valence-corrected chi connectivity index (χ2v) is 6.45. The second kappa shape index (κ2) is 11.8. The Morgan fingerprint density at radius 1 is 0.867 bits per heavy atom. The molecule has 0 unspecified atom stereocenters. The van der Waals surface area contributed by atoms with E-state index in [1.807, 2.05) is 57.2 Å². The number of carbonyl (C=O) groups excluding carboxylic acids is 1. The van der Waals surface area contributed by atoms with Crippen LogP contribution >= 0.6 is 0 Å². The number of hydrogen-bond donors (Lipinski definition) is 0. The molecule has 2 aromatic rings. The van der Waals surface area contributed by atoms with Crippen molar-refractivity contribution >= 4 is 12.0 Å². The number of hydrogen-bond acceptors (Lipinski definition) is 5. The Morgan fingerprint density at radius 2 is 1.53 bits per heavy atom. The number of rotatable bonds is 11. The second-order valence-electron chi connectivity index (χ2n) is 6.45. The molecule has 30 heavy (non-hydrogen) atoms. The third-order valence-corrected chi connectivity index (χ3v) is 4.50. The fraction of sp³-hybridized carbons (Fsp3) is 0.375. The van der Waals surface area contributed by atoms with E-state index in [-0.39, 0.29) is 5.91 Å². The van der Waals surface area contributed by atoms with Crippen molar-refractivity contribution in [3.05, 3.63) is 53.6 Å². The van der Waals surface area contributed by atoms with Crippen LogP contribution in [0.25, 0.3) is 6.08 Å². The average Bonchev–Trinajstić information content (AvgIpc) is 2.77. The van der Waals surface area contributed by atoms with Gasteiger partial charge in [0, 0.05) is 19.2 Å². The molecule has 162 valence electrons. The largest absolute Gasteiger partial charge is 0.493 e. The summed E-state index contributed by atoms with van der Waals surface area (Å²) in [5.41, 5.74) is 1.84. The van der Waals surface area contributed by atoms with E-state index in [2.05, 4.69) is 0 Å². The molecule has 0 aliphatic carbocycles. The molecule has 0 radical (unpaired) electrons. The maximum absolute atomic E-state index is 12.7. The van der Waals surface area contributed by atoms with Crippen molar-refractivity contribution in [1.29, 1.82) is 0 Å². The van der Waals surface area contributed by atoms with Crippen LogP contribution in [0.2, 0.25) is 0 Å². The van der Waals surface area contributed by atoms with Gasteiger partial charge in [-0.1, -0.05) is 12.1 Å². The smallest absolute Gasteiger partial charge is 0.246 e. The molecule has 0 fully saturated rings. The van der Waals surface area contributed by atoms with E-state index < -0.39 is 0 Å². The van der Waals surface area contributed by atoms with Crippen LogP contribution in [0.3, 0.4) is 0 Å². The highest BCUT2D eigenvalue weighted by Crippen LogP contribution is 2.29. The number of likely N-dealkylation sites (N-methyl/N-ethyl adjacent to an activating group) is 1. The number of nitrogens with zero attached hydrogens (tertiary/aromatic N) is 1. The normalized spacial score (nSPS) is 10.7. The molecule has 2 aromatic carbocycles. The van der Waals surface area contributed by atoms with E-state index in [1.165, 1.54) is 0 Å². The van der Waals surface area contributed by atoms with Crippen molar-refractivity contribution in [3.8, 4) is 23.0 Å². The first-order valence-electron chi connectivity index (χ1n) is 10.1. The summed E-state index contributed by atoms with van der Waals surface area (Å²) in [6.45, 7) is 7.98. The molecule has 0 saturated carbocycles. The monoisotopic (exact) mass is 413 g/mol. The summed E-state index contributed by atoms with van der Waals surface area (Å²) in [4.78, 5) is 14.5. The SMILES string of the molecule is CCOc1ccc(CN(CC)C(=O)/C=C/c2ccc(OC)c(OCC)c2)cc1OC. The van der Waals surface area contributed by atoms with Gasteiger partial charge < -0.3 is 23.8 Å². The first-order valence-corrected chi connectivity index (χ1v) is 10.1. The van der Waals surface area contributed by atoms with Gasteiger partial charge in [-0.3, -0.25) is 4.79 Å². The van der Waals surface area contributed by atoms with Gasteiger partial charge in [-0.2, -0.15) is 0 Å². The van der Waals surface area contributed by atoms with Crippen LogP contribution in [0.15, 0.2) is 42.5 Å². The Bertz CT molecular complexity index is 863. The van der Waals surface area contributed by atoms with E-state index in [0.717, 1.165) is 11.1 Å². The van der Waals surface area contributed by atoms with Crippen LogP contribution in [0.4, 0.5) is 0 Å². The van der Waals surface area contributed by atoms with Gasteiger partial charge in [-0.15, -0.1) is 0 Å². The Balaban J connectivity index is 2.12. The Hall–Kier alpha value is -3.15. The number of benzene rings is 2. The molecule has 0 aliphatic rings. The van der Waals surface area contributed by atoms with Gasteiger partial charge >= 0.3 is 0 Å². The summed E-state index contributed by atoms with van der Waals surface area (Å²) in [7, 11) is 3.21. The van der Waals surface area contributed by atoms with Crippen molar-refractivity contribution in [1.82, 2.24) is 4.90 Å². The number of amides is 1. The topological polar surface area (TPSA) is 57.2 Å². The lowest BCUT2D eigenvalue weighted by molar-refractivity contribution is -0.126. The lowest BCUT2D eigenvalue weighted by Gasteiger charge is -2.20. The third-order valence-electron chi connectivity index (χ3n) is 4.50. The standard InChI is InChI=1S/C24H31NO5/c1-6-25(17-19-10-13-21(29-7-2)22(16-19)28-5)24(26)14-11-18-9-12-20(27-4)23(15-18)30-8-3/h9-16H,6-8,17H2,1-5H3/b14-11+. The first-order chi connectivity index (χ1) is 14.6. The summed E-state index contributed by atoms with van der Waals surface area (Å²) in [6.07, 6.45) is 3.36. The average molecular weight is 414 g/mol. The van der Waals surface area contributed by atoms with Crippen LogP contribution in [0.1, 0.15) is 31.9 Å². The molecule has 0 saturated heterocycles. The summed E-state index contributed by atoms with van der Waals surface area (Å²) >= 11 is 0. The molecule has 6 heteroatoms. The molecular formula is C24H31NO5. The maximum Gasteiger partial charge on any atom is 0.246 e. The zero-order valence-electron chi connectivity index (χ0n) is 18.4. The highest BCUT2D eigenvalue weighted by atomic mass is 16.5. The van der Waals surface area contributed by atoms with Gasteiger partial charge in [-0.05, 0) is 62.2 Å². The molecule has 0 aliphatic heterocycles. The summed E-state index contributed by atoms with van der Waals surface area (Å²) in [5, 5.41) is 0. The Kier molecular flexibility index (Phi) is 9.06. The third kappa shape index (κ3) is 6.17. The van der Waals surface area contributed by atoms with E-state index in [1.54, 1.807) is 31.3 Å². The van der Waals surface area contributed by atoms with Gasteiger partial charge in [0.15, 0.2) is 23.0 Å². The van der Waals surface area contributed by atoms with Crippen molar-refractivity contribution in [2.75, 3.05) is 34.0 Å². The van der Waals surface area contributed by atoms with Crippen molar-refractivity contribution in [2.24, 2.45) is 0 Å². The Labute approximate surface area is 179 Å². The van der Waals surface area contributed by atoms with Crippen LogP contribution in [0, 0.1) is 0 Å². The van der Waals surface area contributed by atoms with Crippen LogP contribution in [-0.2, 0) is 11.3 Å². The van der Waals surface area contributed by atoms with E-state index in [4.69, 9.17) is 18.9 Å². The quantitative estimate of drug-likeness (QED) is 0.506. The highest BCUT2D eigenvalue weighted by Gasteiger charge is 2.12. The van der Waals surface area contributed by atoms with E-state index in [9.17, 15) is 4.79 Å². The number of ether oxygens (including phenoxy) is 4. The Morgan fingerprint density at radius 3 is 2.17 bits per heavy atom. The summed E-state index contributed by atoms with van der Waals surface area (Å²) in [5.74, 6) is 2.61. The van der Waals surface area contributed by atoms with Gasteiger partial charge in [0.05, 0.1) is 27.4 Å². The molecule has 0 aromatic heterocycles. The van der Waals surface area contributed by atoms with Crippen LogP contribution in [0.5, 0.6) is 23.0 Å². The minimum atomic E-state index is -0.0703. The molecule has 0 heterocycles. The molecule has 0 spiro atoms. The van der Waals surface area contributed by atoms with Crippen molar-refractivity contribution in [3.63, 3.8) is 0 Å². The van der Waals surface area contributed by atoms with Gasteiger partial charge in [-0.25, -0.2) is 0 Å². The first kappa shape index (κ1) is 23.1. The summed E-state index contributed by atoms with van der Waals surface area (Å²) in [6, 6.07) is 11.3. The molecule has 2 rings (SSSR count). The van der Waals surface area contributed by atoms with Gasteiger partial charge in [0.25, 0.3) is 0 Å². The zero-order chi connectivity index (χ0) is 21.9. The molecule has 0 atom stereocenters. The van der Waals surface area contributed by atoms with Crippen LogP contribution in [-0.4, -0.2) is 44.8 Å². The van der Waals surface area contributed by atoms with E-state index >= 15 is 0 Å². The number of carbonyl (C=O) groups is 1. The number of methoxy groups -OCH3 is 2. The lowest BCUT2D eigenvalue weighted by atomic mass is 10.1. The lowest BCUT2D eigenvalue weighted by Crippen LogP contribution is -2.28. The zero-order valence-corrected chi connectivity index (χ0v) is 18.4. The van der Waals surface area contributed by atoms with Gasteiger partial charge in [0.2, 0.25) is 5.91 Å². The summed E-state index contributed by atoms with van der Waals surface area (Å²) < 4.78 is 21.9. The molecule has 1 amide bonds. The molecular weight excluding hydrogens is 382 g/mol. The minimum absolute atomic E-state index is 0.0703. The van der Waals surface area contributed by atoms with E-state index in [0.29, 0.717) is 49.3 Å². The predicted octanol–water partition coefficient (Wildman–Crippen LogP) is 4.56. The minimum Gasteiger partial charge on any atom is -0.493 e. The fourth-order valence-corrected chi connectivity index (χ4v) is 2.99. The predicted molar refractivity (Wildman–Crippen MR) is 118 cm³/mol. The highest BCUT2D eigenvalue weighted by molar-refractivity contribution is 5.91. The maximum atomic E-state index is 12.7. The van der Waals surface area contributed by atoms with Crippen molar-refractivity contribution in [2.45, 2.75) is 27.3 Å². The molecule has 6 nitrogen and oxygen atoms in total. The molecule has 0 bridgehead atoms. The van der Waals surface area contributed by atoms with Crippen molar-refractivity contribution < 1.29 is 23.7 Å².